The van der Waals surface area contributed by atoms with Gasteiger partial charge in [0, 0.05) is 0 Å². The monoisotopic (exact) mass is 254 g/mol. The first kappa shape index (κ1) is 11.9. The van der Waals surface area contributed by atoms with E-state index < -0.39 is 0 Å². The summed E-state index contributed by atoms with van der Waals surface area (Å²) >= 11 is 0. The van der Waals surface area contributed by atoms with E-state index in [1.807, 2.05) is 0 Å². The molecule has 3 rings (SSSR count). The number of aryl methyl sites for hydroxylation is 1. The second kappa shape index (κ2) is 5.24. The van der Waals surface area contributed by atoms with Gasteiger partial charge in [-0.3, -0.25) is 0 Å². The molecule has 0 atom stereocenters. The second-order valence-electron chi connectivity index (χ2n) is 5.03. The molecule has 0 bridgehead atoms. The van der Waals surface area contributed by atoms with Gasteiger partial charge in [-0.05, 0) is 54.1 Å². The Morgan fingerprint density at radius 3 is 2.11 bits per heavy atom. The second-order valence-corrected chi connectivity index (χ2v) is 7.48. The number of hydrogen-bond acceptors (Lipinski definition) is 0. The molecule has 1 aliphatic rings. The minimum absolute atomic E-state index is 0.103. The summed E-state index contributed by atoms with van der Waals surface area (Å²) in [5.74, 6) is 0. The van der Waals surface area contributed by atoms with Crippen LogP contribution < -0.4 is 5.30 Å². The van der Waals surface area contributed by atoms with Crippen molar-refractivity contribution in [3.63, 3.8) is 0 Å². The molecule has 1 saturated heterocycles. The van der Waals surface area contributed by atoms with Gasteiger partial charge in [0.15, 0.2) is 0 Å². The lowest BCUT2D eigenvalue weighted by Crippen LogP contribution is -2.06. The fraction of sp³-hybridized carbons (Fsp3) is 0.294. The predicted molar refractivity (Wildman–Crippen MR) is 82.1 cm³/mol. The SMILES string of the molecule is Cc1ccccc1-c1ccccc1P1CCCC1. The van der Waals surface area contributed by atoms with Crippen molar-refractivity contribution in [2.45, 2.75) is 19.8 Å². The van der Waals surface area contributed by atoms with Crippen molar-refractivity contribution >= 4 is 13.2 Å². The fourth-order valence-electron chi connectivity index (χ4n) is 2.81. The van der Waals surface area contributed by atoms with Crippen molar-refractivity contribution in [2.75, 3.05) is 12.3 Å². The maximum Gasteiger partial charge on any atom is -0.0104 e. The molecule has 0 aliphatic carbocycles. The Hall–Kier alpha value is -1.13. The van der Waals surface area contributed by atoms with Crippen molar-refractivity contribution in [1.82, 2.24) is 0 Å². The molecule has 0 radical (unpaired) electrons. The van der Waals surface area contributed by atoms with E-state index in [9.17, 15) is 0 Å². The van der Waals surface area contributed by atoms with Crippen LogP contribution in [0.5, 0.6) is 0 Å². The molecule has 0 spiro atoms. The molecule has 2 aromatic carbocycles. The first-order valence-electron chi connectivity index (χ1n) is 6.76. The average molecular weight is 254 g/mol. The standard InChI is InChI=1S/C17H19P/c1-14-8-2-3-9-15(14)16-10-4-5-11-17(16)18-12-6-7-13-18/h2-5,8-11H,6-7,12-13H2,1H3. The third kappa shape index (κ3) is 2.22. The largest absolute Gasteiger partial charge is 0.0746 e. The third-order valence-corrected chi connectivity index (χ3v) is 6.57. The highest BCUT2D eigenvalue weighted by Gasteiger charge is 2.19. The van der Waals surface area contributed by atoms with Crippen molar-refractivity contribution in [1.29, 1.82) is 0 Å². The Morgan fingerprint density at radius 2 is 1.39 bits per heavy atom. The zero-order valence-electron chi connectivity index (χ0n) is 10.9. The third-order valence-electron chi connectivity index (χ3n) is 3.79. The summed E-state index contributed by atoms with van der Waals surface area (Å²) in [7, 11) is 0.103. The van der Waals surface area contributed by atoms with Crippen molar-refractivity contribution in [3.05, 3.63) is 54.1 Å². The first-order chi connectivity index (χ1) is 8.86. The summed E-state index contributed by atoms with van der Waals surface area (Å²) < 4.78 is 0. The Labute approximate surface area is 111 Å². The topological polar surface area (TPSA) is 0 Å². The van der Waals surface area contributed by atoms with Gasteiger partial charge >= 0.3 is 0 Å². The summed E-state index contributed by atoms with van der Waals surface area (Å²) in [6.45, 7) is 2.22. The van der Waals surface area contributed by atoms with E-state index in [4.69, 9.17) is 0 Å². The van der Waals surface area contributed by atoms with Crippen LogP contribution in [-0.4, -0.2) is 12.3 Å². The average Bonchev–Trinajstić information content (AvgIpc) is 2.93. The van der Waals surface area contributed by atoms with E-state index in [1.54, 1.807) is 5.30 Å². The van der Waals surface area contributed by atoms with Crippen LogP contribution in [0.3, 0.4) is 0 Å². The van der Waals surface area contributed by atoms with Gasteiger partial charge in [-0.15, -0.1) is 0 Å². The molecule has 2 aromatic rings. The highest BCUT2D eigenvalue weighted by atomic mass is 31.1. The van der Waals surface area contributed by atoms with E-state index in [2.05, 4.69) is 55.5 Å². The summed E-state index contributed by atoms with van der Waals surface area (Å²) in [5.41, 5.74) is 4.28. The summed E-state index contributed by atoms with van der Waals surface area (Å²) in [4.78, 5) is 0. The predicted octanol–water partition coefficient (Wildman–Crippen LogP) is 4.56. The van der Waals surface area contributed by atoms with E-state index in [0.29, 0.717) is 0 Å². The summed E-state index contributed by atoms with van der Waals surface area (Å²) in [6.07, 6.45) is 5.71. The van der Waals surface area contributed by atoms with Gasteiger partial charge in [-0.2, -0.15) is 0 Å². The van der Waals surface area contributed by atoms with Gasteiger partial charge in [0.25, 0.3) is 0 Å². The number of hydrogen-bond donors (Lipinski definition) is 0. The van der Waals surface area contributed by atoms with Crippen molar-refractivity contribution < 1.29 is 0 Å². The lowest BCUT2D eigenvalue weighted by Gasteiger charge is -2.17. The highest BCUT2D eigenvalue weighted by molar-refractivity contribution is 7.66. The molecule has 1 heterocycles. The molecule has 0 unspecified atom stereocenters. The Balaban J connectivity index is 2.09. The number of rotatable bonds is 2. The van der Waals surface area contributed by atoms with E-state index in [0.717, 1.165) is 0 Å². The van der Waals surface area contributed by atoms with Crippen LogP contribution in [0.15, 0.2) is 48.5 Å². The Kier molecular flexibility index (Phi) is 3.48. The molecule has 1 aliphatic heterocycles. The van der Waals surface area contributed by atoms with Crippen LogP contribution in [0.2, 0.25) is 0 Å². The molecular formula is C17H19P. The summed E-state index contributed by atoms with van der Waals surface area (Å²) in [5, 5.41) is 1.62. The minimum atomic E-state index is 0.103. The smallest absolute Gasteiger partial charge is 0.0104 e. The van der Waals surface area contributed by atoms with Crippen LogP contribution in [0.1, 0.15) is 18.4 Å². The Bertz CT molecular complexity index is 539. The van der Waals surface area contributed by atoms with E-state index >= 15 is 0 Å². The maximum atomic E-state index is 2.36. The van der Waals surface area contributed by atoms with Crippen LogP contribution in [0.4, 0.5) is 0 Å². The van der Waals surface area contributed by atoms with Gasteiger partial charge in [0.1, 0.15) is 0 Å². The van der Waals surface area contributed by atoms with Gasteiger partial charge in [-0.25, -0.2) is 0 Å². The molecule has 0 nitrogen and oxygen atoms in total. The summed E-state index contributed by atoms with van der Waals surface area (Å²) in [6, 6.07) is 17.8. The zero-order chi connectivity index (χ0) is 12.4. The van der Waals surface area contributed by atoms with E-state index in [1.165, 1.54) is 41.9 Å². The molecule has 0 N–H and O–H groups in total. The molecule has 0 aromatic heterocycles. The normalized spacial score (nSPS) is 16.1. The zero-order valence-corrected chi connectivity index (χ0v) is 11.8. The van der Waals surface area contributed by atoms with Crippen LogP contribution in [0.25, 0.3) is 11.1 Å². The quantitative estimate of drug-likeness (QED) is 0.689. The molecule has 1 heteroatoms. The highest BCUT2D eigenvalue weighted by Crippen LogP contribution is 2.44. The van der Waals surface area contributed by atoms with Crippen LogP contribution in [0, 0.1) is 6.92 Å². The van der Waals surface area contributed by atoms with Gasteiger partial charge in [-0.1, -0.05) is 56.5 Å². The van der Waals surface area contributed by atoms with Gasteiger partial charge in [0.05, 0.1) is 0 Å². The molecule has 18 heavy (non-hydrogen) atoms. The molecule has 0 saturated carbocycles. The van der Waals surface area contributed by atoms with E-state index in [-0.39, 0.29) is 7.92 Å². The lowest BCUT2D eigenvalue weighted by molar-refractivity contribution is 0.949. The molecule has 92 valence electrons. The number of benzene rings is 2. The van der Waals surface area contributed by atoms with Crippen LogP contribution >= 0.6 is 7.92 Å². The molecule has 0 amide bonds. The van der Waals surface area contributed by atoms with Crippen LogP contribution in [-0.2, 0) is 0 Å². The van der Waals surface area contributed by atoms with Gasteiger partial charge < -0.3 is 0 Å². The Morgan fingerprint density at radius 1 is 0.778 bits per heavy atom. The van der Waals surface area contributed by atoms with Crippen molar-refractivity contribution in [3.8, 4) is 11.1 Å². The first-order valence-corrected chi connectivity index (χ1v) is 8.47. The lowest BCUT2D eigenvalue weighted by atomic mass is 10.0. The molecular weight excluding hydrogens is 235 g/mol. The molecule has 1 fully saturated rings. The fourth-order valence-corrected chi connectivity index (χ4v) is 5.56. The van der Waals surface area contributed by atoms with Crippen molar-refractivity contribution in [2.24, 2.45) is 0 Å². The van der Waals surface area contributed by atoms with Gasteiger partial charge in [0.2, 0.25) is 0 Å². The minimum Gasteiger partial charge on any atom is -0.0746 e. The maximum absolute atomic E-state index is 2.36.